The van der Waals surface area contributed by atoms with Crippen LogP contribution < -0.4 is 11.5 Å². The largest absolute Gasteiger partial charge is 0.398 e. The van der Waals surface area contributed by atoms with Gasteiger partial charge in [-0.05, 0) is 12.1 Å². The molecule has 2 nitrogen and oxygen atoms in total. The van der Waals surface area contributed by atoms with E-state index in [0.717, 1.165) is 11.1 Å². The van der Waals surface area contributed by atoms with Crippen LogP contribution in [0.4, 0.5) is 11.4 Å². The topological polar surface area (TPSA) is 52.0 Å². The standard InChI is InChI=1S/C12H10Cl2N2/c13-11-7(3-1-5-9(11)15)8-4-2-6-10(16)12(8)14/h1-6H,15-16H2. The minimum Gasteiger partial charge on any atom is -0.398 e. The van der Waals surface area contributed by atoms with Crippen molar-refractivity contribution in [2.24, 2.45) is 0 Å². The van der Waals surface area contributed by atoms with Crippen molar-refractivity contribution in [1.82, 2.24) is 0 Å². The number of nitrogens with two attached hydrogens (primary N) is 2. The summed E-state index contributed by atoms with van der Waals surface area (Å²) in [6.45, 7) is 0. The van der Waals surface area contributed by atoms with E-state index in [4.69, 9.17) is 34.7 Å². The van der Waals surface area contributed by atoms with Gasteiger partial charge in [-0.25, -0.2) is 0 Å². The summed E-state index contributed by atoms with van der Waals surface area (Å²) in [7, 11) is 0. The maximum absolute atomic E-state index is 6.13. The van der Waals surface area contributed by atoms with Crippen LogP contribution in [0.2, 0.25) is 10.0 Å². The van der Waals surface area contributed by atoms with Crippen molar-refractivity contribution in [1.29, 1.82) is 0 Å². The van der Waals surface area contributed by atoms with Gasteiger partial charge >= 0.3 is 0 Å². The molecular formula is C12H10Cl2N2. The van der Waals surface area contributed by atoms with E-state index in [1.54, 1.807) is 12.1 Å². The molecule has 0 fully saturated rings. The van der Waals surface area contributed by atoms with Crippen molar-refractivity contribution < 1.29 is 0 Å². The monoisotopic (exact) mass is 252 g/mol. The predicted octanol–water partition coefficient (Wildman–Crippen LogP) is 3.82. The number of anilines is 2. The van der Waals surface area contributed by atoms with Crippen LogP contribution in [-0.4, -0.2) is 0 Å². The molecular weight excluding hydrogens is 243 g/mol. The van der Waals surface area contributed by atoms with E-state index in [2.05, 4.69) is 0 Å². The molecule has 0 saturated carbocycles. The maximum Gasteiger partial charge on any atom is 0.0714 e. The first-order chi connectivity index (χ1) is 7.61. The molecule has 0 heterocycles. The molecule has 0 radical (unpaired) electrons. The van der Waals surface area contributed by atoms with E-state index < -0.39 is 0 Å². The summed E-state index contributed by atoms with van der Waals surface area (Å²) in [6.07, 6.45) is 0. The van der Waals surface area contributed by atoms with Gasteiger partial charge < -0.3 is 11.5 Å². The SMILES string of the molecule is Nc1cccc(-c2cccc(N)c2Cl)c1Cl. The minimum absolute atomic E-state index is 0.495. The fraction of sp³-hybridized carbons (Fsp3) is 0. The summed E-state index contributed by atoms with van der Waals surface area (Å²) in [6, 6.07) is 10.9. The average molecular weight is 253 g/mol. The number of halogens is 2. The van der Waals surface area contributed by atoms with Crippen molar-refractivity contribution in [2.75, 3.05) is 11.5 Å². The Morgan fingerprint density at radius 3 is 1.44 bits per heavy atom. The fourth-order valence-electron chi connectivity index (χ4n) is 1.52. The van der Waals surface area contributed by atoms with Crippen LogP contribution in [0.15, 0.2) is 36.4 Å². The number of hydrogen-bond donors (Lipinski definition) is 2. The fourth-order valence-corrected chi connectivity index (χ4v) is 1.97. The molecule has 2 rings (SSSR count). The molecule has 0 atom stereocenters. The Hall–Kier alpha value is -1.38. The van der Waals surface area contributed by atoms with Gasteiger partial charge in [0.2, 0.25) is 0 Å². The Balaban J connectivity index is 2.68. The Morgan fingerprint density at radius 2 is 1.06 bits per heavy atom. The molecule has 4 heteroatoms. The molecule has 16 heavy (non-hydrogen) atoms. The van der Waals surface area contributed by atoms with Gasteiger partial charge in [0.1, 0.15) is 0 Å². The summed E-state index contributed by atoms with van der Waals surface area (Å²) in [4.78, 5) is 0. The number of nitrogen functional groups attached to an aromatic ring is 2. The van der Waals surface area contributed by atoms with Crippen LogP contribution in [0.5, 0.6) is 0 Å². The van der Waals surface area contributed by atoms with Crippen LogP contribution in [-0.2, 0) is 0 Å². The third kappa shape index (κ3) is 1.82. The molecule has 0 saturated heterocycles. The average Bonchev–Trinajstić information content (AvgIpc) is 2.27. The maximum atomic E-state index is 6.13. The minimum atomic E-state index is 0.495. The molecule has 4 N–H and O–H groups in total. The van der Waals surface area contributed by atoms with E-state index in [9.17, 15) is 0 Å². The lowest BCUT2D eigenvalue weighted by molar-refractivity contribution is 1.60. The van der Waals surface area contributed by atoms with Crippen molar-refractivity contribution in [3.8, 4) is 11.1 Å². The molecule has 0 spiro atoms. The van der Waals surface area contributed by atoms with Crippen LogP contribution >= 0.6 is 23.2 Å². The Kier molecular flexibility index (Phi) is 2.95. The molecule has 2 aromatic carbocycles. The molecule has 0 aliphatic heterocycles. The summed E-state index contributed by atoms with van der Waals surface area (Å²) in [5, 5.41) is 0.991. The lowest BCUT2D eigenvalue weighted by Gasteiger charge is -2.09. The van der Waals surface area contributed by atoms with E-state index in [1.165, 1.54) is 0 Å². The zero-order valence-corrected chi connectivity index (χ0v) is 9.89. The van der Waals surface area contributed by atoms with Crippen molar-refractivity contribution in [2.45, 2.75) is 0 Å². The van der Waals surface area contributed by atoms with Gasteiger partial charge in [-0.2, -0.15) is 0 Å². The molecule has 2 aromatic rings. The smallest absolute Gasteiger partial charge is 0.0714 e. The summed E-state index contributed by atoms with van der Waals surface area (Å²) in [5.74, 6) is 0. The molecule has 0 amide bonds. The van der Waals surface area contributed by atoms with E-state index in [0.29, 0.717) is 21.4 Å². The van der Waals surface area contributed by atoms with Gasteiger partial charge in [0.15, 0.2) is 0 Å². The van der Waals surface area contributed by atoms with Crippen LogP contribution in [0.3, 0.4) is 0 Å². The third-order valence-electron chi connectivity index (χ3n) is 2.35. The molecule has 82 valence electrons. The van der Waals surface area contributed by atoms with Gasteiger partial charge in [0, 0.05) is 11.1 Å². The molecule has 0 aliphatic carbocycles. The van der Waals surface area contributed by atoms with Gasteiger partial charge in [0.05, 0.1) is 21.4 Å². The van der Waals surface area contributed by atoms with Gasteiger partial charge in [0.25, 0.3) is 0 Å². The second kappa shape index (κ2) is 4.24. The highest BCUT2D eigenvalue weighted by Crippen LogP contribution is 2.38. The lowest BCUT2D eigenvalue weighted by atomic mass is 10.0. The van der Waals surface area contributed by atoms with Crippen molar-refractivity contribution in [3.63, 3.8) is 0 Å². The first-order valence-electron chi connectivity index (χ1n) is 4.69. The van der Waals surface area contributed by atoms with E-state index >= 15 is 0 Å². The number of benzene rings is 2. The van der Waals surface area contributed by atoms with E-state index in [1.807, 2.05) is 24.3 Å². The summed E-state index contributed by atoms with van der Waals surface area (Å²) >= 11 is 12.3. The Morgan fingerprint density at radius 1 is 0.688 bits per heavy atom. The Bertz CT molecular complexity index is 489. The first-order valence-corrected chi connectivity index (χ1v) is 5.45. The third-order valence-corrected chi connectivity index (χ3v) is 3.19. The predicted molar refractivity (Wildman–Crippen MR) is 70.7 cm³/mol. The highest BCUT2D eigenvalue weighted by atomic mass is 35.5. The zero-order valence-electron chi connectivity index (χ0n) is 8.37. The second-order valence-electron chi connectivity index (χ2n) is 3.42. The zero-order chi connectivity index (χ0) is 11.7. The Labute approximate surface area is 104 Å². The lowest BCUT2D eigenvalue weighted by Crippen LogP contribution is -1.91. The highest BCUT2D eigenvalue weighted by molar-refractivity contribution is 6.39. The van der Waals surface area contributed by atoms with Gasteiger partial charge in [-0.1, -0.05) is 47.5 Å². The first kappa shape index (κ1) is 11.1. The molecule has 0 aromatic heterocycles. The van der Waals surface area contributed by atoms with Gasteiger partial charge in [-0.3, -0.25) is 0 Å². The summed E-state index contributed by atoms with van der Waals surface area (Å²) in [5.41, 5.74) is 14.1. The highest BCUT2D eigenvalue weighted by Gasteiger charge is 2.10. The van der Waals surface area contributed by atoms with Crippen molar-refractivity contribution in [3.05, 3.63) is 46.4 Å². The van der Waals surface area contributed by atoms with Crippen LogP contribution in [0, 0.1) is 0 Å². The van der Waals surface area contributed by atoms with Crippen LogP contribution in [0.1, 0.15) is 0 Å². The molecule has 0 aliphatic rings. The summed E-state index contributed by atoms with van der Waals surface area (Å²) < 4.78 is 0. The van der Waals surface area contributed by atoms with Crippen LogP contribution in [0.25, 0.3) is 11.1 Å². The molecule has 0 unspecified atom stereocenters. The quantitative estimate of drug-likeness (QED) is 0.759. The second-order valence-corrected chi connectivity index (χ2v) is 4.17. The van der Waals surface area contributed by atoms with Crippen molar-refractivity contribution >= 4 is 34.6 Å². The normalized spacial score (nSPS) is 10.4. The number of rotatable bonds is 1. The molecule has 0 bridgehead atoms. The van der Waals surface area contributed by atoms with Gasteiger partial charge in [-0.15, -0.1) is 0 Å². The van der Waals surface area contributed by atoms with E-state index in [-0.39, 0.29) is 0 Å². The number of hydrogen-bond acceptors (Lipinski definition) is 2.